The number of benzene rings is 1. The van der Waals surface area contributed by atoms with Gasteiger partial charge in [0.25, 0.3) is 0 Å². The van der Waals surface area contributed by atoms with Crippen LogP contribution in [-0.2, 0) is 10.0 Å². The standard InChI is InChI=1S/C11H17N3O2S/c12-7-11(5-6-11)8-14-9-3-1-2-4-10(9)17(13,15)16/h1-4,14H,5-8,12H2,(H2,13,15,16). The van der Waals surface area contributed by atoms with Crippen LogP contribution in [0.5, 0.6) is 0 Å². The van der Waals surface area contributed by atoms with Crippen molar-refractivity contribution < 1.29 is 8.42 Å². The molecule has 0 spiro atoms. The SMILES string of the molecule is NCC1(CNc2ccccc2S(N)(=O)=O)CC1. The van der Waals surface area contributed by atoms with Crippen molar-refractivity contribution in [3.8, 4) is 0 Å². The molecule has 0 aliphatic heterocycles. The summed E-state index contributed by atoms with van der Waals surface area (Å²) in [6.07, 6.45) is 2.18. The fraction of sp³-hybridized carbons (Fsp3) is 0.455. The van der Waals surface area contributed by atoms with Gasteiger partial charge in [0.1, 0.15) is 4.90 Å². The molecule has 1 aliphatic carbocycles. The smallest absolute Gasteiger partial charge is 0.240 e. The van der Waals surface area contributed by atoms with Gasteiger partial charge in [0, 0.05) is 6.54 Å². The lowest BCUT2D eigenvalue weighted by Gasteiger charge is -2.16. The molecule has 0 unspecified atom stereocenters. The minimum Gasteiger partial charge on any atom is -0.383 e. The number of rotatable bonds is 5. The van der Waals surface area contributed by atoms with Crippen LogP contribution in [0.15, 0.2) is 29.2 Å². The maximum Gasteiger partial charge on any atom is 0.240 e. The van der Waals surface area contributed by atoms with Crippen LogP contribution in [-0.4, -0.2) is 21.5 Å². The fourth-order valence-electron chi connectivity index (χ4n) is 1.77. The Morgan fingerprint density at radius 2 is 1.94 bits per heavy atom. The normalized spacial score (nSPS) is 17.8. The highest BCUT2D eigenvalue weighted by atomic mass is 32.2. The minimum absolute atomic E-state index is 0.132. The zero-order valence-corrected chi connectivity index (χ0v) is 10.3. The average Bonchev–Trinajstić information content (AvgIpc) is 3.06. The Morgan fingerprint density at radius 3 is 2.47 bits per heavy atom. The summed E-state index contributed by atoms with van der Waals surface area (Å²) in [5.74, 6) is 0. The summed E-state index contributed by atoms with van der Waals surface area (Å²) in [5, 5.41) is 8.29. The summed E-state index contributed by atoms with van der Waals surface area (Å²) >= 11 is 0. The third-order valence-electron chi connectivity index (χ3n) is 3.24. The van der Waals surface area contributed by atoms with Crippen LogP contribution in [0.4, 0.5) is 5.69 Å². The number of hydrogen-bond donors (Lipinski definition) is 3. The molecule has 17 heavy (non-hydrogen) atoms. The average molecular weight is 255 g/mol. The molecular weight excluding hydrogens is 238 g/mol. The first-order valence-corrected chi connectivity index (χ1v) is 7.07. The van der Waals surface area contributed by atoms with E-state index < -0.39 is 10.0 Å². The minimum atomic E-state index is -3.68. The van der Waals surface area contributed by atoms with E-state index in [1.165, 1.54) is 6.07 Å². The maximum atomic E-state index is 11.4. The molecule has 1 aromatic carbocycles. The van der Waals surface area contributed by atoms with Gasteiger partial charge in [0.15, 0.2) is 0 Å². The van der Waals surface area contributed by atoms with E-state index in [1.807, 2.05) is 0 Å². The first kappa shape index (κ1) is 12.3. The van der Waals surface area contributed by atoms with Crippen molar-refractivity contribution in [2.75, 3.05) is 18.4 Å². The number of hydrogen-bond acceptors (Lipinski definition) is 4. The number of anilines is 1. The Balaban J connectivity index is 2.16. The molecule has 0 saturated heterocycles. The fourth-order valence-corrected chi connectivity index (χ4v) is 2.49. The Morgan fingerprint density at radius 1 is 1.29 bits per heavy atom. The monoisotopic (exact) mass is 255 g/mol. The van der Waals surface area contributed by atoms with Gasteiger partial charge in [-0.1, -0.05) is 12.1 Å². The summed E-state index contributed by atoms with van der Waals surface area (Å²) in [4.78, 5) is 0.132. The van der Waals surface area contributed by atoms with E-state index in [0.717, 1.165) is 12.8 Å². The maximum absolute atomic E-state index is 11.4. The molecule has 0 bridgehead atoms. The van der Waals surface area contributed by atoms with Gasteiger partial charge in [-0.2, -0.15) is 0 Å². The van der Waals surface area contributed by atoms with Crippen LogP contribution in [0.25, 0.3) is 0 Å². The van der Waals surface area contributed by atoms with Crippen molar-refractivity contribution in [2.24, 2.45) is 16.3 Å². The highest BCUT2D eigenvalue weighted by Gasteiger charge is 2.40. The Kier molecular flexibility index (Phi) is 3.11. The molecule has 1 aromatic rings. The second kappa shape index (κ2) is 4.29. The molecule has 5 N–H and O–H groups in total. The lowest BCUT2D eigenvalue weighted by Crippen LogP contribution is -2.25. The van der Waals surface area contributed by atoms with Crippen LogP contribution in [0.2, 0.25) is 0 Å². The van der Waals surface area contributed by atoms with Crippen molar-refractivity contribution in [3.63, 3.8) is 0 Å². The third-order valence-corrected chi connectivity index (χ3v) is 4.21. The van der Waals surface area contributed by atoms with Gasteiger partial charge in [-0.3, -0.25) is 0 Å². The van der Waals surface area contributed by atoms with Gasteiger partial charge in [0.05, 0.1) is 5.69 Å². The number of sulfonamides is 1. The van der Waals surface area contributed by atoms with E-state index in [-0.39, 0.29) is 10.3 Å². The molecule has 0 amide bonds. The molecular formula is C11H17N3O2S. The van der Waals surface area contributed by atoms with Crippen molar-refractivity contribution in [2.45, 2.75) is 17.7 Å². The zero-order valence-electron chi connectivity index (χ0n) is 9.52. The van der Waals surface area contributed by atoms with E-state index in [9.17, 15) is 8.42 Å². The van der Waals surface area contributed by atoms with E-state index in [2.05, 4.69) is 5.32 Å². The summed E-state index contributed by atoms with van der Waals surface area (Å²) < 4.78 is 22.8. The Hall–Kier alpha value is -1.11. The van der Waals surface area contributed by atoms with Crippen LogP contribution in [0, 0.1) is 5.41 Å². The van der Waals surface area contributed by atoms with Gasteiger partial charge in [-0.25, -0.2) is 13.6 Å². The van der Waals surface area contributed by atoms with Crippen LogP contribution < -0.4 is 16.2 Å². The molecule has 5 nitrogen and oxygen atoms in total. The second-order valence-corrected chi connectivity index (χ2v) is 6.13. The van der Waals surface area contributed by atoms with Gasteiger partial charge in [-0.15, -0.1) is 0 Å². The first-order valence-electron chi connectivity index (χ1n) is 5.53. The second-order valence-electron chi connectivity index (χ2n) is 4.60. The van der Waals surface area contributed by atoms with Crippen molar-refractivity contribution in [1.29, 1.82) is 0 Å². The summed E-state index contributed by atoms with van der Waals surface area (Å²) in [5.41, 5.74) is 6.37. The number of nitrogens with two attached hydrogens (primary N) is 2. The molecule has 6 heteroatoms. The predicted molar refractivity (Wildman–Crippen MR) is 67.0 cm³/mol. The van der Waals surface area contributed by atoms with Crippen LogP contribution >= 0.6 is 0 Å². The molecule has 0 atom stereocenters. The van der Waals surface area contributed by atoms with Gasteiger partial charge in [0.2, 0.25) is 10.0 Å². The summed E-state index contributed by atoms with van der Waals surface area (Å²) in [7, 11) is -3.68. The van der Waals surface area contributed by atoms with Gasteiger partial charge >= 0.3 is 0 Å². The third kappa shape index (κ3) is 2.77. The van der Waals surface area contributed by atoms with Crippen molar-refractivity contribution >= 4 is 15.7 Å². The number of nitrogens with one attached hydrogen (secondary N) is 1. The zero-order chi connectivity index (χ0) is 12.5. The summed E-state index contributed by atoms with van der Waals surface area (Å²) in [6.45, 7) is 1.31. The van der Waals surface area contributed by atoms with Gasteiger partial charge in [-0.05, 0) is 36.9 Å². The van der Waals surface area contributed by atoms with E-state index in [1.54, 1.807) is 18.2 Å². The Labute approximate surface area is 101 Å². The number of primary sulfonamides is 1. The van der Waals surface area contributed by atoms with Crippen LogP contribution in [0.3, 0.4) is 0 Å². The quantitative estimate of drug-likeness (QED) is 0.713. The van der Waals surface area contributed by atoms with Crippen LogP contribution in [0.1, 0.15) is 12.8 Å². The Bertz CT molecular complexity index is 509. The molecule has 0 aromatic heterocycles. The first-order chi connectivity index (χ1) is 7.97. The van der Waals surface area contributed by atoms with E-state index in [4.69, 9.17) is 10.9 Å². The highest BCUT2D eigenvalue weighted by Crippen LogP contribution is 2.44. The molecule has 1 aliphatic rings. The largest absolute Gasteiger partial charge is 0.383 e. The van der Waals surface area contributed by atoms with E-state index >= 15 is 0 Å². The van der Waals surface area contributed by atoms with Crippen molar-refractivity contribution in [3.05, 3.63) is 24.3 Å². The molecule has 0 heterocycles. The molecule has 1 saturated carbocycles. The summed E-state index contributed by atoms with van der Waals surface area (Å²) in [6, 6.07) is 6.64. The molecule has 0 radical (unpaired) electrons. The molecule has 94 valence electrons. The lowest BCUT2D eigenvalue weighted by molar-refractivity contribution is 0.555. The lowest BCUT2D eigenvalue weighted by atomic mass is 10.1. The number of para-hydroxylation sites is 1. The topological polar surface area (TPSA) is 98.2 Å². The molecule has 1 fully saturated rings. The van der Waals surface area contributed by atoms with Gasteiger partial charge < -0.3 is 11.1 Å². The van der Waals surface area contributed by atoms with E-state index in [0.29, 0.717) is 18.8 Å². The molecule has 2 rings (SSSR count). The predicted octanol–water partition coefficient (Wildman–Crippen LogP) is 0.485. The van der Waals surface area contributed by atoms with Crippen molar-refractivity contribution in [1.82, 2.24) is 0 Å². The highest BCUT2D eigenvalue weighted by molar-refractivity contribution is 7.89.